The fourth-order valence-corrected chi connectivity index (χ4v) is 4.65. The zero-order chi connectivity index (χ0) is 20.0. The second-order valence-electron chi connectivity index (χ2n) is 9.59. The minimum absolute atomic E-state index is 0.527. The maximum absolute atomic E-state index is 10.3. The van der Waals surface area contributed by atoms with Crippen LogP contribution in [0, 0.1) is 0 Å². The van der Waals surface area contributed by atoms with Crippen molar-refractivity contribution in [1.29, 1.82) is 0 Å². The zero-order valence-corrected chi connectivity index (χ0v) is 17.6. The van der Waals surface area contributed by atoms with Crippen molar-refractivity contribution in [3.8, 4) is 0 Å². The summed E-state index contributed by atoms with van der Waals surface area (Å²) in [5.74, 6) is 2.49. The van der Waals surface area contributed by atoms with E-state index in [2.05, 4.69) is 34.5 Å². The van der Waals surface area contributed by atoms with Crippen molar-refractivity contribution in [3.63, 3.8) is 0 Å². The van der Waals surface area contributed by atoms with E-state index in [1.165, 1.54) is 55.3 Å². The maximum atomic E-state index is 10.3. The summed E-state index contributed by atoms with van der Waals surface area (Å²) in [4.78, 5) is 12.2. The van der Waals surface area contributed by atoms with Crippen LogP contribution in [0.2, 0.25) is 0 Å². The van der Waals surface area contributed by atoms with Gasteiger partial charge in [0.15, 0.2) is 0 Å². The molecule has 154 valence electrons. The van der Waals surface area contributed by atoms with Crippen LogP contribution in [-0.4, -0.2) is 27.7 Å². The molecule has 2 aromatic rings. The molecule has 1 aliphatic heterocycles. The minimum Gasteiger partial charge on any atom is -0.386 e. The summed E-state index contributed by atoms with van der Waals surface area (Å²) in [6, 6.07) is 9.16. The standard InChI is InChI=1S/C24H32N4O/c1-24(2,29)19-10-9-18-15-28(12-11-17(18)13-19)22-14-21(16-7-8-16)26-23(27-22)25-20-5-3-4-6-20/h9-10,13-14,16,20,29H,3-8,11-12,15H2,1-2H3,(H,25,26,27). The highest BCUT2D eigenvalue weighted by molar-refractivity contribution is 5.50. The average molecular weight is 393 g/mol. The molecule has 5 rings (SSSR count). The van der Waals surface area contributed by atoms with Crippen LogP contribution in [0.25, 0.3) is 0 Å². The van der Waals surface area contributed by atoms with E-state index in [0.29, 0.717) is 12.0 Å². The first-order valence-corrected chi connectivity index (χ1v) is 11.2. The fraction of sp³-hybridized carbons (Fsp3) is 0.583. The Labute approximate surface area is 173 Å². The van der Waals surface area contributed by atoms with Crippen molar-refractivity contribution in [2.24, 2.45) is 0 Å². The molecule has 3 aliphatic rings. The minimum atomic E-state index is -0.793. The number of rotatable bonds is 5. The Hall–Kier alpha value is -2.14. The fourth-order valence-electron chi connectivity index (χ4n) is 4.65. The number of anilines is 2. The lowest BCUT2D eigenvalue weighted by Crippen LogP contribution is -2.32. The SMILES string of the molecule is CC(C)(O)c1ccc2c(c1)CCN(c1cc(C3CC3)nc(NC3CCCC3)n1)C2. The third kappa shape index (κ3) is 4.11. The molecule has 0 spiro atoms. The molecule has 5 heteroatoms. The zero-order valence-electron chi connectivity index (χ0n) is 17.6. The van der Waals surface area contributed by atoms with Gasteiger partial charge in [0.05, 0.1) is 11.3 Å². The van der Waals surface area contributed by atoms with E-state index < -0.39 is 5.60 Å². The van der Waals surface area contributed by atoms with Crippen LogP contribution in [0.1, 0.15) is 80.7 Å². The van der Waals surface area contributed by atoms with Gasteiger partial charge in [-0.25, -0.2) is 4.98 Å². The van der Waals surface area contributed by atoms with E-state index in [9.17, 15) is 5.11 Å². The quantitative estimate of drug-likeness (QED) is 0.785. The number of aromatic nitrogens is 2. The normalized spacial score (nSPS) is 20.0. The summed E-state index contributed by atoms with van der Waals surface area (Å²) in [5.41, 5.74) is 4.09. The van der Waals surface area contributed by atoms with Crippen LogP contribution in [0.3, 0.4) is 0 Å². The number of fused-ring (bicyclic) bond motifs is 1. The number of hydrogen-bond donors (Lipinski definition) is 2. The molecule has 2 saturated carbocycles. The first kappa shape index (κ1) is 18.9. The lowest BCUT2D eigenvalue weighted by atomic mass is 9.91. The number of aliphatic hydroxyl groups is 1. The van der Waals surface area contributed by atoms with Crippen LogP contribution in [0.4, 0.5) is 11.8 Å². The Morgan fingerprint density at radius 1 is 1.03 bits per heavy atom. The van der Waals surface area contributed by atoms with E-state index in [1.54, 1.807) is 0 Å². The van der Waals surface area contributed by atoms with Crippen LogP contribution in [0.15, 0.2) is 24.3 Å². The van der Waals surface area contributed by atoms with Crippen molar-refractivity contribution in [2.75, 3.05) is 16.8 Å². The van der Waals surface area contributed by atoms with E-state index in [-0.39, 0.29) is 0 Å². The van der Waals surface area contributed by atoms with E-state index in [0.717, 1.165) is 36.8 Å². The molecule has 0 amide bonds. The predicted molar refractivity (Wildman–Crippen MR) is 116 cm³/mol. The monoisotopic (exact) mass is 392 g/mol. The summed E-state index contributed by atoms with van der Waals surface area (Å²) < 4.78 is 0. The maximum Gasteiger partial charge on any atom is 0.225 e. The van der Waals surface area contributed by atoms with Gasteiger partial charge in [0.2, 0.25) is 5.95 Å². The highest BCUT2D eigenvalue weighted by atomic mass is 16.3. The molecule has 1 aromatic heterocycles. The van der Waals surface area contributed by atoms with Gasteiger partial charge in [-0.15, -0.1) is 0 Å². The highest BCUT2D eigenvalue weighted by Crippen LogP contribution is 2.40. The van der Waals surface area contributed by atoms with Gasteiger partial charge in [-0.2, -0.15) is 4.98 Å². The molecule has 0 saturated heterocycles. The summed E-state index contributed by atoms with van der Waals surface area (Å²) in [7, 11) is 0. The number of nitrogens with one attached hydrogen (secondary N) is 1. The van der Waals surface area contributed by atoms with Crippen LogP contribution in [0.5, 0.6) is 0 Å². The molecule has 0 atom stereocenters. The topological polar surface area (TPSA) is 61.3 Å². The Balaban J connectivity index is 1.39. The van der Waals surface area contributed by atoms with Gasteiger partial charge in [-0.1, -0.05) is 31.0 Å². The molecule has 2 aliphatic carbocycles. The van der Waals surface area contributed by atoms with Crippen LogP contribution in [-0.2, 0) is 18.6 Å². The van der Waals surface area contributed by atoms with E-state index >= 15 is 0 Å². The lowest BCUT2D eigenvalue weighted by Gasteiger charge is -2.31. The predicted octanol–water partition coefficient (Wildman–Crippen LogP) is 4.50. The van der Waals surface area contributed by atoms with Gasteiger partial charge in [-0.05, 0) is 62.6 Å². The van der Waals surface area contributed by atoms with Gasteiger partial charge in [0, 0.05) is 31.1 Å². The molecule has 29 heavy (non-hydrogen) atoms. The van der Waals surface area contributed by atoms with Crippen LogP contribution >= 0.6 is 0 Å². The molecule has 2 fully saturated rings. The Bertz CT molecular complexity index is 894. The molecular weight excluding hydrogens is 360 g/mol. The number of nitrogens with zero attached hydrogens (tertiary/aromatic N) is 3. The second-order valence-corrected chi connectivity index (χ2v) is 9.59. The Kier molecular flexibility index (Phi) is 4.73. The number of benzene rings is 1. The van der Waals surface area contributed by atoms with Gasteiger partial charge in [0.25, 0.3) is 0 Å². The third-order valence-electron chi connectivity index (χ3n) is 6.67. The third-order valence-corrected chi connectivity index (χ3v) is 6.67. The van der Waals surface area contributed by atoms with Gasteiger partial charge < -0.3 is 15.3 Å². The summed E-state index contributed by atoms with van der Waals surface area (Å²) >= 11 is 0. The molecule has 2 N–H and O–H groups in total. The van der Waals surface area contributed by atoms with Crippen molar-refractivity contribution in [3.05, 3.63) is 46.6 Å². The van der Waals surface area contributed by atoms with Crippen molar-refractivity contribution < 1.29 is 5.11 Å². The first-order valence-electron chi connectivity index (χ1n) is 11.2. The van der Waals surface area contributed by atoms with Crippen molar-refractivity contribution >= 4 is 11.8 Å². The van der Waals surface area contributed by atoms with E-state index in [1.807, 2.05) is 13.8 Å². The smallest absolute Gasteiger partial charge is 0.225 e. The molecule has 2 heterocycles. The Morgan fingerprint density at radius 2 is 1.83 bits per heavy atom. The van der Waals surface area contributed by atoms with Gasteiger partial charge in [-0.3, -0.25) is 0 Å². The summed E-state index contributed by atoms with van der Waals surface area (Å²) in [5, 5.41) is 13.9. The molecule has 0 unspecified atom stereocenters. The summed E-state index contributed by atoms with van der Waals surface area (Å²) in [6.07, 6.45) is 8.56. The van der Waals surface area contributed by atoms with E-state index in [4.69, 9.17) is 9.97 Å². The van der Waals surface area contributed by atoms with Gasteiger partial charge >= 0.3 is 0 Å². The Morgan fingerprint density at radius 3 is 2.55 bits per heavy atom. The largest absolute Gasteiger partial charge is 0.386 e. The molecule has 5 nitrogen and oxygen atoms in total. The first-order chi connectivity index (χ1) is 14.0. The van der Waals surface area contributed by atoms with Crippen molar-refractivity contribution in [2.45, 2.75) is 82.9 Å². The van der Waals surface area contributed by atoms with Crippen LogP contribution < -0.4 is 10.2 Å². The number of hydrogen-bond acceptors (Lipinski definition) is 5. The molecule has 1 aromatic carbocycles. The average Bonchev–Trinajstić information content (AvgIpc) is 3.44. The molecular formula is C24H32N4O. The van der Waals surface area contributed by atoms with Crippen molar-refractivity contribution in [1.82, 2.24) is 9.97 Å². The molecule has 0 radical (unpaired) electrons. The summed E-state index contributed by atoms with van der Waals surface area (Å²) in [6.45, 7) is 5.52. The molecule has 0 bridgehead atoms. The highest BCUT2D eigenvalue weighted by Gasteiger charge is 2.28. The lowest BCUT2D eigenvalue weighted by molar-refractivity contribution is 0.0785. The van der Waals surface area contributed by atoms with Gasteiger partial charge in [0.1, 0.15) is 5.82 Å². The second kappa shape index (κ2) is 7.28.